The van der Waals surface area contributed by atoms with Gasteiger partial charge in [0.15, 0.2) is 0 Å². The minimum Gasteiger partial charge on any atom is -0.550 e. The van der Waals surface area contributed by atoms with E-state index in [4.69, 9.17) is 0 Å². The Bertz CT molecular complexity index is 191. The molecule has 3 heteroatoms. The molecule has 0 spiro atoms. The Morgan fingerprint density at radius 3 is 3.00 bits per heavy atom. The minimum atomic E-state index is -1.02. The molecule has 0 unspecified atom stereocenters. The van der Waals surface area contributed by atoms with Crippen molar-refractivity contribution in [3.8, 4) is 0 Å². The van der Waals surface area contributed by atoms with Gasteiger partial charge in [0.1, 0.15) is 0 Å². The summed E-state index contributed by atoms with van der Waals surface area (Å²) in [5.41, 5.74) is 0. The molecule has 0 radical (unpaired) electrons. The lowest BCUT2D eigenvalue weighted by molar-refractivity contribution is -0.304. The van der Waals surface area contributed by atoms with Gasteiger partial charge in [0, 0.05) is 17.3 Å². The molecule has 1 rings (SSSR count). The standard InChI is InChI=1S/C6H6O2S/c7-6(8)4-5-2-1-3-9-5/h1-3H,4H2,(H,7,8)/p-1. The number of carboxylic acid groups (broad SMARTS) is 1. The molecule has 0 N–H and O–H groups in total. The van der Waals surface area contributed by atoms with Gasteiger partial charge in [0.25, 0.3) is 0 Å². The summed E-state index contributed by atoms with van der Waals surface area (Å²) in [4.78, 5) is 10.8. The third-order valence-electron chi connectivity index (χ3n) is 0.899. The van der Waals surface area contributed by atoms with Gasteiger partial charge in [-0.25, -0.2) is 0 Å². The second-order valence-electron chi connectivity index (χ2n) is 1.63. The molecule has 2 nitrogen and oxygen atoms in total. The van der Waals surface area contributed by atoms with E-state index in [9.17, 15) is 9.90 Å². The van der Waals surface area contributed by atoms with Gasteiger partial charge in [-0.1, -0.05) is 6.07 Å². The van der Waals surface area contributed by atoms with Crippen LogP contribution in [0.4, 0.5) is 0 Å². The SMILES string of the molecule is O=C([O-])Cc1cccs1. The van der Waals surface area contributed by atoms with E-state index in [-0.39, 0.29) is 6.42 Å². The second-order valence-corrected chi connectivity index (χ2v) is 2.66. The molecule has 0 aromatic carbocycles. The summed E-state index contributed by atoms with van der Waals surface area (Å²) in [6.45, 7) is 0. The zero-order valence-electron chi connectivity index (χ0n) is 4.66. The van der Waals surface area contributed by atoms with Gasteiger partial charge in [-0.15, -0.1) is 11.3 Å². The number of hydrogen-bond acceptors (Lipinski definition) is 3. The van der Waals surface area contributed by atoms with Crippen LogP contribution in [0.1, 0.15) is 4.88 Å². The fraction of sp³-hybridized carbons (Fsp3) is 0.167. The molecule has 0 aliphatic rings. The van der Waals surface area contributed by atoms with Crippen molar-refractivity contribution >= 4 is 17.3 Å². The summed E-state index contributed by atoms with van der Waals surface area (Å²) in [5, 5.41) is 11.8. The zero-order valence-corrected chi connectivity index (χ0v) is 5.48. The van der Waals surface area contributed by atoms with Crippen molar-refractivity contribution in [1.82, 2.24) is 0 Å². The highest BCUT2D eigenvalue weighted by Gasteiger charge is 1.90. The van der Waals surface area contributed by atoms with E-state index in [1.54, 1.807) is 6.07 Å². The zero-order chi connectivity index (χ0) is 6.69. The van der Waals surface area contributed by atoms with Crippen LogP contribution in [-0.4, -0.2) is 5.97 Å². The van der Waals surface area contributed by atoms with E-state index in [1.807, 2.05) is 11.4 Å². The van der Waals surface area contributed by atoms with Crippen LogP contribution in [0.15, 0.2) is 17.5 Å². The predicted octanol–water partition coefficient (Wildman–Crippen LogP) is 0.0405. The van der Waals surface area contributed by atoms with Gasteiger partial charge < -0.3 is 9.90 Å². The maximum Gasteiger partial charge on any atom is 0.0466 e. The van der Waals surface area contributed by atoms with Crippen LogP contribution in [-0.2, 0) is 11.2 Å². The number of rotatable bonds is 2. The van der Waals surface area contributed by atoms with Gasteiger partial charge in [0.2, 0.25) is 0 Å². The van der Waals surface area contributed by atoms with Gasteiger partial charge in [-0.3, -0.25) is 0 Å². The van der Waals surface area contributed by atoms with Crippen LogP contribution < -0.4 is 5.11 Å². The molecule has 9 heavy (non-hydrogen) atoms. The lowest BCUT2D eigenvalue weighted by Crippen LogP contribution is -2.23. The van der Waals surface area contributed by atoms with Crippen LogP contribution in [0, 0.1) is 0 Å². The minimum absolute atomic E-state index is 0.0394. The van der Waals surface area contributed by atoms with E-state index < -0.39 is 5.97 Å². The van der Waals surface area contributed by atoms with Crippen molar-refractivity contribution in [2.75, 3.05) is 0 Å². The third kappa shape index (κ3) is 1.85. The van der Waals surface area contributed by atoms with Crippen molar-refractivity contribution < 1.29 is 9.90 Å². The molecule has 1 aromatic rings. The first-order chi connectivity index (χ1) is 4.29. The molecule has 0 amide bonds. The predicted molar refractivity (Wildman–Crippen MR) is 33.0 cm³/mol. The van der Waals surface area contributed by atoms with Crippen molar-refractivity contribution in [2.24, 2.45) is 0 Å². The molecule has 0 bridgehead atoms. The quantitative estimate of drug-likeness (QED) is 0.583. The van der Waals surface area contributed by atoms with Gasteiger partial charge in [-0.2, -0.15) is 0 Å². The summed E-state index contributed by atoms with van der Waals surface area (Å²) in [7, 11) is 0. The fourth-order valence-corrected chi connectivity index (χ4v) is 1.25. The Hall–Kier alpha value is -0.830. The first-order valence-corrected chi connectivity index (χ1v) is 3.39. The van der Waals surface area contributed by atoms with E-state index >= 15 is 0 Å². The number of carbonyl (C=O) groups is 1. The number of carbonyl (C=O) groups excluding carboxylic acids is 1. The number of aliphatic carboxylic acids is 1. The molecule has 0 aliphatic carbocycles. The summed E-state index contributed by atoms with van der Waals surface area (Å²) in [6, 6.07) is 3.60. The van der Waals surface area contributed by atoms with Crippen LogP contribution in [0.5, 0.6) is 0 Å². The number of carboxylic acids is 1. The summed E-state index contributed by atoms with van der Waals surface area (Å²) in [6.07, 6.45) is 0.0394. The second kappa shape index (κ2) is 2.64. The molecule has 1 heterocycles. The first kappa shape index (κ1) is 6.29. The normalized spacial score (nSPS) is 9.33. The summed E-state index contributed by atoms with van der Waals surface area (Å²) >= 11 is 1.43. The van der Waals surface area contributed by atoms with Crippen LogP contribution in [0.25, 0.3) is 0 Å². The van der Waals surface area contributed by atoms with Crippen LogP contribution >= 0.6 is 11.3 Å². The Morgan fingerprint density at radius 2 is 2.56 bits per heavy atom. The lowest BCUT2D eigenvalue weighted by atomic mass is 10.3. The lowest BCUT2D eigenvalue weighted by Gasteiger charge is -1.95. The van der Waals surface area contributed by atoms with E-state index in [0.717, 1.165) is 4.88 Å². The molecule has 48 valence electrons. The largest absolute Gasteiger partial charge is 0.550 e. The maximum atomic E-state index is 9.96. The van der Waals surface area contributed by atoms with E-state index in [0.29, 0.717) is 0 Å². The van der Waals surface area contributed by atoms with Crippen LogP contribution in [0.2, 0.25) is 0 Å². The highest BCUT2D eigenvalue weighted by molar-refractivity contribution is 7.10. The van der Waals surface area contributed by atoms with Gasteiger partial charge in [-0.05, 0) is 11.4 Å². The first-order valence-electron chi connectivity index (χ1n) is 2.51. The molecule has 0 aliphatic heterocycles. The fourth-order valence-electron chi connectivity index (χ4n) is 0.555. The number of thiophene rings is 1. The molecular formula is C6H5O2S-. The Morgan fingerprint density at radius 1 is 1.78 bits per heavy atom. The highest BCUT2D eigenvalue weighted by Crippen LogP contribution is 2.07. The van der Waals surface area contributed by atoms with Crippen molar-refractivity contribution in [3.05, 3.63) is 22.4 Å². The van der Waals surface area contributed by atoms with E-state index in [1.165, 1.54) is 11.3 Å². The topological polar surface area (TPSA) is 40.1 Å². The monoisotopic (exact) mass is 141 g/mol. The Kier molecular flexibility index (Phi) is 1.85. The molecule has 0 saturated carbocycles. The molecule has 0 saturated heterocycles. The maximum absolute atomic E-state index is 9.96. The van der Waals surface area contributed by atoms with Gasteiger partial charge in [0.05, 0.1) is 0 Å². The molecule has 0 fully saturated rings. The van der Waals surface area contributed by atoms with Crippen molar-refractivity contribution in [2.45, 2.75) is 6.42 Å². The molecular weight excluding hydrogens is 136 g/mol. The Balaban J connectivity index is 2.58. The van der Waals surface area contributed by atoms with Gasteiger partial charge >= 0.3 is 0 Å². The highest BCUT2D eigenvalue weighted by atomic mass is 32.1. The number of hydrogen-bond donors (Lipinski definition) is 0. The average Bonchev–Trinajstić information content (AvgIpc) is 2.15. The smallest absolute Gasteiger partial charge is 0.0466 e. The Labute approximate surface area is 56.8 Å². The summed E-state index contributed by atoms with van der Waals surface area (Å²) < 4.78 is 0. The van der Waals surface area contributed by atoms with Crippen LogP contribution in [0.3, 0.4) is 0 Å². The van der Waals surface area contributed by atoms with Crippen molar-refractivity contribution in [3.63, 3.8) is 0 Å². The molecule has 1 aromatic heterocycles. The van der Waals surface area contributed by atoms with Crippen molar-refractivity contribution in [1.29, 1.82) is 0 Å². The molecule has 0 atom stereocenters. The third-order valence-corrected chi connectivity index (χ3v) is 1.78. The summed E-state index contributed by atoms with van der Waals surface area (Å²) in [5.74, 6) is -1.02. The average molecular weight is 141 g/mol. The van der Waals surface area contributed by atoms with E-state index in [2.05, 4.69) is 0 Å².